The molecule has 1 aromatic rings. The van der Waals surface area contributed by atoms with Crippen LogP contribution in [0.2, 0.25) is 0 Å². The molecule has 1 aliphatic rings. The second kappa shape index (κ2) is 11.0. The molecule has 0 radical (unpaired) electrons. The minimum Gasteiger partial charge on any atom is -0.504 e. The Kier molecular flexibility index (Phi) is 10.6. The van der Waals surface area contributed by atoms with Gasteiger partial charge in [0, 0.05) is 44.2 Å². The van der Waals surface area contributed by atoms with Gasteiger partial charge in [0.2, 0.25) is 0 Å². The van der Waals surface area contributed by atoms with E-state index in [1.807, 2.05) is 4.90 Å². The molecule has 0 unspecified atom stereocenters. The smallest absolute Gasteiger partial charge is 0.389 e. The summed E-state index contributed by atoms with van der Waals surface area (Å²) in [6.45, 7) is 4.95. The van der Waals surface area contributed by atoms with Crippen molar-refractivity contribution in [2.75, 3.05) is 32.8 Å². The molecular weight excluding hydrogens is 380 g/mol. The third-order valence-electron chi connectivity index (χ3n) is 3.98. The van der Waals surface area contributed by atoms with Crippen molar-refractivity contribution < 1.29 is 23.0 Å². The molecule has 1 heterocycles. The predicted molar refractivity (Wildman–Crippen MR) is 96.2 cm³/mol. The lowest BCUT2D eigenvalue weighted by Gasteiger charge is -2.36. The van der Waals surface area contributed by atoms with Crippen molar-refractivity contribution in [3.63, 3.8) is 0 Å². The van der Waals surface area contributed by atoms with E-state index >= 15 is 0 Å². The summed E-state index contributed by atoms with van der Waals surface area (Å²) in [5, 5.41) is 13.6. The number of aromatic hydroxyl groups is 1. The highest BCUT2D eigenvalue weighted by Gasteiger charge is 2.32. The second-order valence-electron chi connectivity index (χ2n) is 5.58. The van der Waals surface area contributed by atoms with Crippen LogP contribution in [0.5, 0.6) is 11.5 Å². The predicted octanol–water partition coefficient (Wildman–Crippen LogP) is 3.92. The molecule has 0 amide bonds. The fourth-order valence-electron chi connectivity index (χ4n) is 2.91. The van der Waals surface area contributed by atoms with Gasteiger partial charge in [-0.15, -0.1) is 24.8 Å². The number of phenols is 1. The van der Waals surface area contributed by atoms with Crippen LogP contribution in [-0.4, -0.2) is 49.0 Å². The molecule has 1 aliphatic heterocycles. The molecule has 2 rings (SSSR count). The first kappa shape index (κ1) is 24.1. The number of hydrogen-bond donors (Lipinski definition) is 2. The number of rotatable bonds is 6. The lowest BCUT2D eigenvalue weighted by Crippen LogP contribution is -2.45. The Balaban J connectivity index is 0.00000288. The van der Waals surface area contributed by atoms with Gasteiger partial charge in [-0.25, -0.2) is 0 Å². The number of nitrogens with zero attached hydrogens (tertiary/aromatic N) is 1. The van der Waals surface area contributed by atoms with Crippen molar-refractivity contribution >= 4 is 24.8 Å². The van der Waals surface area contributed by atoms with Gasteiger partial charge in [0.05, 0.1) is 6.61 Å². The quantitative estimate of drug-likeness (QED) is 0.753. The Labute approximate surface area is 158 Å². The van der Waals surface area contributed by atoms with Crippen molar-refractivity contribution in [2.45, 2.75) is 32.0 Å². The number of benzene rings is 1. The van der Waals surface area contributed by atoms with Crippen LogP contribution in [0.15, 0.2) is 18.2 Å². The lowest BCUT2D eigenvalue weighted by atomic mass is 9.98. The molecule has 0 saturated carbocycles. The number of nitrogens with one attached hydrogen (secondary N) is 1. The zero-order valence-electron chi connectivity index (χ0n) is 14.0. The zero-order chi connectivity index (χ0) is 16.9. The van der Waals surface area contributed by atoms with Crippen LogP contribution in [-0.2, 0) is 0 Å². The van der Waals surface area contributed by atoms with E-state index in [2.05, 4.69) is 5.32 Å². The molecule has 1 aromatic carbocycles. The van der Waals surface area contributed by atoms with Crippen LogP contribution in [0.3, 0.4) is 0 Å². The molecule has 1 fully saturated rings. The third-order valence-corrected chi connectivity index (χ3v) is 3.98. The Hall–Kier alpha value is -0.890. The normalized spacial score (nSPS) is 16.5. The van der Waals surface area contributed by atoms with E-state index in [0.717, 1.165) is 13.1 Å². The standard InChI is InChI=1S/C16H23F3N2O2.2ClH/c1-2-23-14-5-3-4-12(15(14)22)13(6-7-16(17,18)19)21-10-8-20-9-11-21;;/h3-5,13,20,22H,2,6-11H2,1H3;2*1H/t13-;;/m0../s1. The first-order valence-electron chi connectivity index (χ1n) is 7.88. The number of alkyl halides is 3. The van der Waals surface area contributed by atoms with Crippen LogP contribution < -0.4 is 10.1 Å². The van der Waals surface area contributed by atoms with E-state index in [9.17, 15) is 18.3 Å². The number of ether oxygens (including phenoxy) is 1. The summed E-state index contributed by atoms with van der Waals surface area (Å²) < 4.78 is 43.4. The van der Waals surface area contributed by atoms with Gasteiger partial charge in [-0.3, -0.25) is 4.90 Å². The van der Waals surface area contributed by atoms with Crippen LogP contribution in [0.4, 0.5) is 13.2 Å². The SMILES string of the molecule is CCOc1cccc([C@H](CCC(F)(F)F)N2CCNCC2)c1O.Cl.Cl. The number of piperazine rings is 1. The Morgan fingerprint density at radius 2 is 1.88 bits per heavy atom. The molecule has 4 nitrogen and oxygen atoms in total. The van der Waals surface area contributed by atoms with Crippen LogP contribution >= 0.6 is 24.8 Å². The molecule has 2 N–H and O–H groups in total. The summed E-state index contributed by atoms with van der Waals surface area (Å²) in [4.78, 5) is 1.99. The van der Waals surface area contributed by atoms with Crippen LogP contribution in [0.25, 0.3) is 0 Å². The third kappa shape index (κ3) is 7.09. The Morgan fingerprint density at radius 3 is 2.44 bits per heavy atom. The van der Waals surface area contributed by atoms with E-state index in [-0.39, 0.29) is 37.0 Å². The second-order valence-corrected chi connectivity index (χ2v) is 5.58. The van der Waals surface area contributed by atoms with E-state index in [1.54, 1.807) is 25.1 Å². The molecule has 0 bridgehead atoms. The van der Waals surface area contributed by atoms with Crippen molar-refractivity contribution in [3.8, 4) is 11.5 Å². The van der Waals surface area contributed by atoms with E-state index in [1.165, 1.54) is 0 Å². The fraction of sp³-hybridized carbons (Fsp3) is 0.625. The molecule has 146 valence electrons. The van der Waals surface area contributed by atoms with Gasteiger partial charge in [-0.05, 0) is 19.4 Å². The van der Waals surface area contributed by atoms with Crippen molar-refractivity contribution in [3.05, 3.63) is 23.8 Å². The molecule has 0 aromatic heterocycles. The molecular formula is C16H25Cl2F3N2O2. The number of hydrogen-bond acceptors (Lipinski definition) is 4. The average molecular weight is 405 g/mol. The highest BCUT2D eigenvalue weighted by Crippen LogP contribution is 2.39. The molecule has 1 atom stereocenters. The number of phenolic OH excluding ortho intramolecular Hbond substituents is 1. The first-order chi connectivity index (χ1) is 10.9. The summed E-state index contributed by atoms with van der Waals surface area (Å²) in [5.74, 6) is 0.261. The lowest BCUT2D eigenvalue weighted by molar-refractivity contribution is -0.138. The first-order valence-corrected chi connectivity index (χ1v) is 7.88. The molecule has 0 spiro atoms. The van der Waals surface area contributed by atoms with E-state index < -0.39 is 18.6 Å². The fourth-order valence-corrected chi connectivity index (χ4v) is 2.91. The zero-order valence-corrected chi connectivity index (χ0v) is 15.6. The van der Waals surface area contributed by atoms with Gasteiger partial charge >= 0.3 is 6.18 Å². The monoisotopic (exact) mass is 404 g/mol. The molecule has 9 heteroatoms. The highest BCUT2D eigenvalue weighted by molar-refractivity contribution is 5.85. The average Bonchev–Trinajstić information content (AvgIpc) is 2.51. The summed E-state index contributed by atoms with van der Waals surface area (Å²) in [6.07, 6.45) is -5.16. The topological polar surface area (TPSA) is 44.7 Å². The number of halogens is 5. The summed E-state index contributed by atoms with van der Waals surface area (Å²) in [6, 6.07) is 4.55. The van der Waals surface area contributed by atoms with Crippen molar-refractivity contribution in [2.24, 2.45) is 0 Å². The largest absolute Gasteiger partial charge is 0.504 e. The molecule has 0 aliphatic carbocycles. The summed E-state index contributed by atoms with van der Waals surface area (Å²) in [5.41, 5.74) is 0.502. The van der Waals surface area contributed by atoms with Gasteiger partial charge in [-0.2, -0.15) is 13.2 Å². The van der Waals surface area contributed by atoms with Gasteiger partial charge in [0.15, 0.2) is 11.5 Å². The maximum atomic E-state index is 12.7. The van der Waals surface area contributed by atoms with Crippen molar-refractivity contribution in [1.29, 1.82) is 0 Å². The molecule has 1 saturated heterocycles. The van der Waals surface area contributed by atoms with E-state index in [4.69, 9.17) is 4.74 Å². The Bertz CT molecular complexity index is 513. The molecule has 25 heavy (non-hydrogen) atoms. The van der Waals surface area contributed by atoms with Gasteiger partial charge in [-0.1, -0.05) is 12.1 Å². The minimum absolute atomic E-state index is 0. The Morgan fingerprint density at radius 1 is 1.24 bits per heavy atom. The van der Waals surface area contributed by atoms with Gasteiger partial charge < -0.3 is 15.2 Å². The maximum absolute atomic E-state index is 12.7. The van der Waals surface area contributed by atoms with Gasteiger partial charge in [0.25, 0.3) is 0 Å². The van der Waals surface area contributed by atoms with Gasteiger partial charge in [0.1, 0.15) is 0 Å². The van der Waals surface area contributed by atoms with Crippen LogP contribution in [0, 0.1) is 0 Å². The minimum atomic E-state index is -4.21. The maximum Gasteiger partial charge on any atom is 0.389 e. The van der Waals surface area contributed by atoms with E-state index in [0.29, 0.717) is 31.0 Å². The van der Waals surface area contributed by atoms with Crippen LogP contribution in [0.1, 0.15) is 31.4 Å². The number of para-hydroxylation sites is 1. The van der Waals surface area contributed by atoms with Crippen molar-refractivity contribution in [1.82, 2.24) is 10.2 Å². The summed E-state index contributed by atoms with van der Waals surface area (Å²) >= 11 is 0. The summed E-state index contributed by atoms with van der Waals surface area (Å²) in [7, 11) is 0. The highest BCUT2D eigenvalue weighted by atomic mass is 35.5.